The lowest BCUT2D eigenvalue weighted by Crippen LogP contribution is -2.38. The second-order valence-electron chi connectivity index (χ2n) is 3.74. The molecule has 0 aliphatic carbocycles. The minimum absolute atomic E-state index is 0.0408. The number of aromatic nitrogens is 2. The number of hydrogen-bond donors (Lipinski definition) is 1. The summed E-state index contributed by atoms with van der Waals surface area (Å²) in [6, 6.07) is 1.40. The molecule has 1 aromatic heterocycles. The highest BCUT2D eigenvalue weighted by molar-refractivity contribution is 6.29. The molecule has 0 saturated carbocycles. The summed E-state index contributed by atoms with van der Waals surface area (Å²) < 4.78 is 31.5. The Morgan fingerprint density at radius 2 is 2.24 bits per heavy atom. The van der Waals surface area contributed by atoms with Crippen molar-refractivity contribution < 1.29 is 13.5 Å². The van der Waals surface area contributed by atoms with Crippen LogP contribution < -0.4 is 10.6 Å². The summed E-state index contributed by atoms with van der Waals surface area (Å²) in [5, 5.41) is 0.126. The van der Waals surface area contributed by atoms with Gasteiger partial charge < -0.3 is 15.4 Å². The van der Waals surface area contributed by atoms with Crippen molar-refractivity contribution in [3.63, 3.8) is 0 Å². The van der Waals surface area contributed by atoms with Gasteiger partial charge in [-0.3, -0.25) is 0 Å². The van der Waals surface area contributed by atoms with Crippen molar-refractivity contribution in [2.24, 2.45) is 0 Å². The van der Waals surface area contributed by atoms with Gasteiger partial charge in [-0.1, -0.05) is 11.6 Å². The normalized spacial score (nSPS) is 20.1. The van der Waals surface area contributed by atoms with E-state index >= 15 is 0 Å². The number of hydrogen-bond acceptors (Lipinski definition) is 5. The highest BCUT2D eigenvalue weighted by Gasteiger charge is 2.35. The first-order chi connectivity index (χ1) is 7.96. The molecule has 94 valence electrons. The van der Waals surface area contributed by atoms with Crippen LogP contribution in [0.25, 0.3) is 0 Å². The first-order valence-electron chi connectivity index (χ1n) is 4.97. The Kier molecular flexibility index (Phi) is 3.30. The number of rotatable bonds is 1. The number of ether oxygens (including phenoxy) is 1. The van der Waals surface area contributed by atoms with E-state index in [9.17, 15) is 8.78 Å². The molecule has 2 N–H and O–H groups in total. The van der Waals surface area contributed by atoms with E-state index < -0.39 is 19.1 Å². The van der Waals surface area contributed by atoms with E-state index in [0.717, 1.165) is 0 Å². The summed E-state index contributed by atoms with van der Waals surface area (Å²) in [6.45, 7) is -0.545. The highest BCUT2D eigenvalue weighted by Crippen LogP contribution is 2.24. The minimum atomic E-state index is -2.91. The molecule has 17 heavy (non-hydrogen) atoms. The summed E-state index contributed by atoms with van der Waals surface area (Å²) in [7, 11) is 0. The average Bonchev–Trinajstić information content (AvgIpc) is 2.37. The molecule has 0 radical (unpaired) electrons. The third-order valence-corrected chi connectivity index (χ3v) is 2.46. The van der Waals surface area contributed by atoms with E-state index in [2.05, 4.69) is 9.97 Å². The van der Waals surface area contributed by atoms with Crippen LogP contribution in [0.15, 0.2) is 6.07 Å². The topological polar surface area (TPSA) is 64.3 Å². The van der Waals surface area contributed by atoms with Gasteiger partial charge >= 0.3 is 0 Å². The molecule has 1 aliphatic heterocycles. The summed E-state index contributed by atoms with van der Waals surface area (Å²) in [5.74, 6) is -2.67. The quantitative estimate of drug-likeness (QED) is 0.772. The van der Waals surface area contributed by atoms with Gasteiger partial charge in [0.05, 0.1) is 13.2 Å². The zero-order valence-corrected chi connectivity index (χ0v) is 9.62. The molecule has 2 heterocycles. The van der Waals surface area contributed by atoms with E-state index in [-0.39, 0.29) is 23.5 Å². The van der Waals surface area contributed by atoms with Crippen LogP contribution in [-0.2, 0) is 4.74 Å². The third-order valence-electron chi connectivity index (χ3n) is 2.26. The molecular weight excluding hydrogens is 254 g/mol. The molecule has 0 aromatic carbocycles. The van der Waals surface area contributed by atoms with Crippen molar-refractivity contribution >= 4 is 23.4 Å². The van der Waals surface area contributed by atoms with Gasteiger partial charge in [-0.15, -0.1) is 0 Å². The second kappa shape index (κ2) is 4.58. The molecule has 0 atom stereocenters. The molecule has 0 unspecified atom stereocenters. The number of nitrogens with zero attached hydrogens (tertiary/aromatic N) is 3. The van der Waals surface area contributed by atoms with Crippen molar-refractivity contribution in [2.45, 2.75) is 5.92 Å². The zero-order chi connectivity index (χ0) is 12.5. The van der Waals surface area contributed by atoms with Crippen LogP contribution in [0.1, 0.15) is 0 Å². The highest BCUT2D eigenvalue weighted by atomic mass is 35.5. The fraction of sp³-hybridized carbons (Fsp3) is 0.556. The van der Waals surface area contributed by atoms with Crippen molar-refractivity contribution in [3.8, 4) is 0 Å². The van der Waals surface area contributed by atoms with E-state index in [4.69, 9.17) is 22.1 Å². The Balaban J connectivity index is 2.25. The largest absolute Gasteiger partial charge is 0.373 e. The fourth-order valence-corrected chi connectivity index (χ4v) is 1.76. The summed E-state index contributed by atoms with van der Waals surface area (Å²) in [4.78, 5) is 8.95. The standard InChI is InChI=1S/C9H11ClF2N4O/c10-6-3-7(15-8(13)14-6)16-1-2-17-5-9(11,12)4-16/h3H,1-2,4-5H2,(H2,13,14,15). The number of alkyl halides is 2. The predicted octanol–water partition coefficient (Wildman–Crippen LogP) is 1.18. The SMILES string of the molecule is Nc1nc(Cl)cc(N2CCOCC(F)(F)C2)n1. The van der Waals surface area contributed by atoms with Crippen LogP contribution in [0.5, 0.6) is 0 Å². The first-order valence-corrected chi connectivity index (χ1v) is 5.35. The predicted molar refractivity (Wildman–Crippen MR) is 59.4 cm³/mol. The van der Waals surface area contributed by atoms with Gasteiger partial charge in [0.2, 0.25) is 5.95 Å². The molecule has 1 saturated heterocycles. The Morgan fingerprint density at radius 1 is 1.47 bits per heavy atom. The lowest BCUT2D eigenvalue weighted by molar-refractivity contribution is -0.0564. The van der Waals surface area contributed by atoms with Gasteiger partial charge in [-0.05, 0) is 0 Å². The molecule has 1 aromatic rings. The molecule has 5 nitrogen and oxygen atoms in total. The van der Waals surface area contributed by atoms with Gasteiger partial charge in [0.15, 0.2) is 0 Å². The zero-order valence-electron chi connectivity index (χ0n) is 8.87. The van der Waals surface area contributed by atoms with Crippen LogP contribution in [0.4, 0.5) is 20.5 Å². The van der Waals surface area contributed by atoms with Crippen LogP contribution in [0, 0.1) is 0 Å². The smallest absolute Gasteiger partial charge is 0.288 e. The molecule has 1 aliphatic rings. The summed E-state index contributed by atoms with van der Waals surface area (Å²) >= 11 is 5.70. The lowest BCUT2D eigenvalue weighted by atomic mass is 10.3. The molecule has 8 heteroatoms. The van der Waals surface area contributed by atoms with Gasteiger partial charge in [0.25, 0.3) is 5.92 Å². The monoisotopic (exact) mass is 264 g/mol. The number of nitrogens with two attached hydrogens (primary N) is 1. The fourth-order valence-electron chi connectivity index (χ4n) is 1.58. The summed E-state index contributed by atoms with van der Waals surface area (Å²) in [5.41, 5.74) is 5.42. The number of halogens is 3. The van der Waals surface area contributed by atoms with Crippen molar-refractivity contribution in [1.29, 1.82) is 0 Å². The van der Waals surface area contributed by atoms with E-state index in [1.54, 1.807) is 0 Å². The molecule has 0 spiro atoms. The molecule has 2 rings (SSSR count). The maximum absolute atomic E-state index is 13.3. The Hall–Kier alpha value is -1.21. The van der Waals surface area contributed by atoms with Gasteiger partial charge in [0, 0.05) is 12.6 Å². The second-order valence-corrected chi connectivity index (χ2v) is 4.12. The Bertz CT molecular complexity index is 398. The average molecular weight is 265 g/mol. The van der Waals surface area contributed by atoms with E-state index in [1.165, 1.54) is 11.0 Å². The van der Waals surface area contributed by atoms with Gasteiger partial charge in [0.1, 0.15) is 17.6 Å². The molecular formula is C9H11ClF2N4O. The maximum Gasteiger partial charge on any atom is 0.288 e. The van der Waals surface area contributed by atoms with Crippen molar-refractivity contribution in [2.75, 3.05) is 36.9 Å². The van der Waals surface area contributed by atoms with Crippen LogP contribution in [-0.4, -0.2) is 42.2 Å². The Labute approximate surface area is 102 Å². The summed E-state index contributed by atoms with van der Waals surface area (Å²) in [6.07, 6.45) is 0. The maximum atomic E-state index is 13.3. The Morgan fingerprint density at radius 3 is 2.94 bits per heavy atom. The van der Waals surface area contributed by atoms with Crippen molar-refractivity contribution in [1.82, 2.24) is 9.97 Å². The molecule has 0 amide bonds. The minimum Gasteiger partial charge on any atom is -0.373 e. The van der Waals surface area contributed by atoms with Crippen molar-refractivity contribution in [3.05, 3.63) is 11.2 Å². The molecule has 0 bridgehead atoms. The number of nitrogen functional groups attached to an aromatic ring is 1. The van der Waals surface area contributed by atoms with Crippen LogP contribution in [0.3, 0.4) is 0 Å². The van der Waals surface area contributed by atoms with E-state index in [0.29, 0.717) is 6.54 Å². The molecule has 1 fully saturated rings. The third kappa shape index (κ3) is 3.13. The van der Waals surface area contributed by atoms with Crippen LogP contribution in [0.2, 0.25) is 5.15 Å². The first kappa shape index (κ1) is 12.3. The van der Waals surface area contributed by atoms with Crippen LogP contribution >= 0.6 is 11.6 Å². The van der Waals surface area contributed by atoms with Gasteiger partial charge in [-0.25, -0.2) is 13.8 Å². The van der Waals surface area contributed by atoms with E-state index in [1.807, 2.05) is 0 Å². The number of anilines is 2. The van der Waals surface area contributed by atoms with Gasteiger partial charge in [-0.2, -0.15) is 4.98 Å². The lowest BCUT2D eigenvalue weighted by Gasteiger charge is -2.24.